The van der Waals surface area contributed by atoms with Crippen molar-refractivity contribution in [3.8, 4) is 0 Å². The second-order valence-corrected chi connectivity index (χ2v) is 7.33. The molecule has 0 aromatic heterocycles. The van der Waals surface area contributed by atoms with Gasteiger partial charge < -0.3 is 10.4 Å². The molecular formula is C26H30N2O2. The van der Waals surface area contributed by atoms with Crippen LogP contribution in [0, 0.1) is 0 Å². The van der Waals surface area contributed by atoms with Crippen LogP contribution in [0.3, 0.4) is 0 Å². The summed E-state index contributed by atoms with van der Waals surface area (Å²) in [6.45, 7) is 3.03. The van der Waals surface area contributed by atoms with E-state index in [1.54, 1.807) is 0 Å². The Hall–Kier alpha value is -2.95. The van der Waals surface area contributed by atoms with Gasteiger partial charge >= 0.3 is 0 Å². The van der Waals surface area contributed by atoms with Crippen LogP contribution in [0.2, 0.25) is 0 Å². The van der Waals surface area contributed by atoms with Crippen molar-refractivity contribution < 1.29 is 9.90 Å². The molecule has 4 heteroatoms. The van der Waals surface area contributed by atoms with Gasteiger partial charge in [-0.25, -0.2) is 0 Å². The number of nitrogens with one attached hydrogen (secondary N) is 1. The molecule has 0 heterocycles. The molecule has 30 heavy (non-hydrogen) atoms. The predicted molar refractivity (Wildman–Crippen MR) is 122 cm³/mol. The number of aliphatic hydroxyl groups is 1. The highest BCUT2D eigenvalue weighted by atomic mass is 16.3. The first-order chi connectivity index (χ1) is 14.7. The molecule has 0 bridgehead atoms. The van der Waals surface area contributed by atoms with Gasteiger partial charge in [0.25, 0.3) is 0 Å². The van der Waals surface area contributed by atoms with Crippen LogP contribution in [0.5, 0.6) is 0 Å². The number of nitrogens with zero attached hydrogens (tertiary/aromatic N) is 1. The molecule has 0 aliphatic heterocycles. The van der Waals surface area contributed by atoms with Crippen molar-refractivity contribution >= 4 is 11.6 Å². The molecule has 3 aromatic rings. The van der Waals surface area contributed by atoms with E-state index in [1.165, 1.54) is 0 Å². The van der Waals surface area contributed by atoms with E-state index in [4.69, 9.17) is 0 Å². The van der Waals surface area contributed by atoms with Crippen molar-refractivity contribution in [2.24, 2.45) is 0 Å². The van der Waals surface area contributed by atoms with Gasteiger partial charge in [0, 0.05) is 18.8 Å². The molecule has 0 spiro atoms. The number of hydrogen-bond acceptors (Lipinski definition) is 3. The lowest BCUT2D eigenvalue weighted by Crippen LogP contribution is -2.38. The minimum absolute atomic E-state index is 0.0503. The third kappa shape index (κ3) is 5.78. The maximum Gasteiger partial charge on any atom is 0.238 e. The normalized spacial score (nSPS) is 11.1. The Bertz CT molecular complexity index is 873. The number of rotatable bonds is 10. The van der Waals surface area contributed by atoms with E-state index in [1.807, 2.05) is 60.7 Å². The molecule has 4 nitrogen and oxygen atoms in total. The smallest absolute Gasteiger partial charge is 0.238 e. The third-order valence-electron chi connectivity index (χ3n) is 5.22. The first kappa shape index (κ1) is 21.8. The van der Waals surface area contributed by atoms with E-state index < -0.39 is 0 Å². The zero-order chi connectivity index (χ0) is 21.2. The molecular weight excluding hydrogens is 372 g/mol. The Morgan fingerprint density at radius 2 is 1.47 bits per heavy atom. The fourth-order valence-corrected chi connectivity index (χ4v) is 3.78. The Morgan fingerprint density at radius 3 is 2.03 bits per heavy atom. The molecule has 0 atom stereocenters. The number of carbonyl (C=O) groups is 1. The van der Waals surface area contributed by atoms with Gasteiger partial charge in [-0.15, -0.1) is 0 Å². The van der Waals surface area contributed by atoms with Crippen molar-refractivity contribution in [1.29, 1.82) is 0 Å². The number of para-hydroxylation sites is 1. The molecule has 0 aliphatic carbocycles. The molecule has 1 amide bonds. The molecule has 2 N–H and O–H groups in total. The number of benzene rings is 3. The number of aliphatic hydroxyl groups excluding tert-OH is 1. The summed E-state index contributed by atoms with van der Waals surface area (Å²) < 4.78 is 0. The average Bonchev–Trinajstić information content (AvgIpc) is 2.79. The number of anilines is 1. The quantitative estimate of drug-likeness (QED) is 0.518. The Labute approximate surface area is 179 Å². The van der Waals surface area contributed by atoms with E-state index >= 15 is 0 Å². The van der Waals surface area contributed by atoms with Gasteiger partial charge in [-0.3, -0.25) is 9.69 Å². The van der Waals surface area contributed by atoms with Crippen molar-refractivity contribution in [3.05, 3.63) is 102 Å². The van der Waals surface area contributed by atoms with Crippen LogP contribution in [0.15, 0.2) is 84.9 Å². The lowest BCUT2D eigenvalue weighted by Gasteiger charge is -2.32. The number of aryl methyl sites for hydroxylation is 1. The summed E-state index contributed by atoms with van der Waals surface area (Å²) in [4.78, 5) is 15.1. The fourth-order valence-electron chi connectivity index (χ4n) is 3.78. The van der Waals surface area contributed by atoms with Crippen LogP contribution in [0.4, 0.5) is 5.69 Å². The van der Waals surface area contributed by atoms with E-state index in [-0.39, 0.29) is 25.1 Å². The van der Waals surface area contributed by atoms with Crippen LogP contribution in [-0.2, 0) is 11.2 Å². The molecule has 0 saturated heterocycles. The summed E-state index contributed by atoms with van der Waals surface area (Å²) in [5, 5.41) is 12.5. The minimum Gasteiger partial charge on any atom is -0.396 e. The van der Waals surface area contributed by atoms with Gasteiger partial charge in [-0.2, -0.15) is 0 Å². The Balaban J connectivity index is 1.87. The lowest BCUT2D eigenvalue weighted by atomic mass is 9.96. The topological polar surface area (TPSA) is 52.6 Å². The molecule has 3 rings (SSSR count). The molecule has 0 saturated carbocycles. The van der Waals surface area contributed by atoms with Crippen molar-refractivity contribution in [2.45, 2.75) is 25.8 Å². The first-order valence-corrected chi connectivity index (χ1v) is 10.6. The SMILES string of the molecule is CCc1ccccc1NC(=O)CN(CCCO)C(c1ccccc1)c1ccccc1. The summed E-state index contributed by atoms with van der Waals surface area (Å²) in [7, 11) is 0. The van der Waals surface area contributed by atoms with Crippen molar-refractivity contribution in [2.75, 3.05) is 25.0 Å². The number of carbonyl (C=O) groups excluding carboxylic acids is 1. The second kappa shape index (κ2) is 11.3. The zero-order valence-electron chi connectivity index (χ0n) is 17.5. The summed E-state index contributed by atoms with van der Waals surface area (Å²) in [6, 6.07) is 28.3. The van der Waals surface area contributed by atoms with Gasteiger partial charge in [0.15, 0.2) is 0 Å². The standard InChI is InChI=1S/C26H30N2O2/c1-2-21-12-9-10-17-24(21)27-25(30)20-28(18-11-19-29)26(22-13-5-3-6-14-22)23-15-7-4-8-16-23/h3-10,12-17,26,29H,2,11,18-20H2,1H3,(H,27,30). The summed E-state index contributed by atoms with van der Waals surface area (Å²) in [5.41, 5.74) is 4.24. The van der Waals surface area contributed by atoms with Crippen LogP contribution in [-0.4, -0.2) is 35.6 Å². The Morgan fingerprint density at radius 1 is 0.900 bits per heavy atom. The molecule has 3 aromatic carbocycles. The second-order valence-electron chi connectivity index (χ2n) is 7.33. The number of hydrogen-bond donors (Lipinski definition) is 2. The van der Waals surface area contributed by atoms with Gasteiger partial charge in [-0.05, 0) is 35.6 Å². The van der Waals surface area contributed by atoms with Crippen LogP contribution < -0.4 is 5.32 Å². The highest BCUT2D eigenvalue weighted by Crippen LogP contribution is 2.29. The van der Waals surface area contributed by atoms with E-state index in [0.29, 0.717) is 13.0 Å². The van der Waals surface area contributed by atoms with Crippen LogP contribution >= 0.6 is 0 Å². The summed E-state index contributed by atoms with van der Waals surface area (Å²) in [5.74, 6) is -0.0503. The predicted octanol–water partition coefficient (Wildman–Crippen LogP) is 4.66. The van der Waals surface area contributed by atoms with Gasteiger partial charge in [0.2, 0.25) is 5.91 Å². The summed E-state index contributed by atoms with van der Waals surface area (Å²) >= 11 is 0. The van der Waals surface area contributed by atoms with E-state index in [0.717, 1.165) is 28.8 Å². The Kier molecular flexibility index (Phi) is 8.19. The summed E-state index contributed by atoms with van der Waals surface area (Å²) in [6.07, 6.45) is 1.47. The zero-order valence-corrected chi connectivity index (χ0v) is 17.5. The molecule has 0 unspecified atom stereocenters. The monoisotopic (exact) mass is 402 g/mol. The molecule has 0 aliphatic rings. The average molecular weight is 403 g/mol. The lowest BCUT2D eigenvalue weighted by molar-refractivity contribution is -0.117. The molecule has 156 valence electrons. The third-order valence-corrected chi connectivity index (χ3v) is 5.22. The maximum atomic E-state index is 13.0. The number of amides is 1. The highest BCUT2D eigenvalue weighted by Gasteiger charge is 2.24. The van der Waals surface area contributed by atoms with Crippen LogP contribution in [0.25, 0.3) is 0 Å². The van der Waals surface area contributed by atoms with Gasteiger partial charge in [0.05, 0.1) is 12.6 Å². The minimum atomic E-state index is -0.0638. The van der Waals surface area contributed by atoms with Crippen LogP contribution in [0.1, 0.15) is 36.1 Å². The molecule has 0 fully saturated rings. The largest absolute Gasteiger partial charge is 0.396 e. The maximum absolute atomic E-state index is 13.0. The van der Waals surface area contributed by atoms with Crippen molar-refractivity contribution in [1.82, 2.24) is 4.90 Å². The van der Waals surface area contributed by atoms with Gasteiger partial charge in [0.1, 0.15) is 0 Å². The van der Waals surface area contributed by atoms with E-state index in [9.17, 15) is 9.90 Å². The highest BCUT2D eigenvalue weighted by molar-refractivity contribution is 5.93. The van der Waals surface area contributed by atoms with E-state index in [2.05, 4.69) is 41.4 Å². The van der Waals surface area contributed by atoms with Crippen molar-refractivity contribution in [3.63, 3.8) is 0 Å². The van der Waals surface area contributed by atoms with Gasteiger partial charge in [-0.1, -0.05) is 85.8 Å². The first-order valence-electron chi connectivity index (χ1n) is 10.6. The fraction of sp³-hybridized carbons (Fsp3) is 0.269. The molecule has 0 radical (unpaired) electrons.